The van der Waals surface area contributed by atoms with Crippen LogP contribution in [0, 0.1) is 5.82 Å². The van der Waals surface area contributed by atoms with Crippen molar-refractivity contribution in [3.63, 3.8) is 0 Å². The molecule has 1 N–H and O–H groups in total. The summed E-state index contributed by atoms with van der Waals surface area (Å²) in [6.45, 7) is 5.32. The molecule has 0 amide bonds. The van der Waals surface area contributed by atoms with Gasteiger partial charge in [0.2, 0.25) is 0 Å². The summed E-state index contributed by atoms with van der Waals surface area (Å²) in [5.74, 6) is -0.273. The number of nitrogens with one attached hydrogen (secondary N) is 1. The second-order valence-corrected chi connectivity index (χ2v) is 5.22. The average Bonchev–Trinajstić information content (AvgIpc) is 2.42. The van der Waals surface area contributed by atoms with Crippen LogP contribution in [0.5, 0.6) is 0 Å². The summed E-state index contributed by atoms with van der Waals surface area (Å²) in [6, 6.07) is 3.42. The normalized spacial score (nSPS) is 16.8. The van der Waals surface area contributed by atoms with E-state index in [2.05, 4.69) is 10.2 Å². The molecule has 0 unspecified atom stereocenters. The Kier molecular flexibility index (Phi) is 5.58. The topological polar surface area (TPSA) is 24.5 Å². The van der Waals surface area contributed by atoms with Gasteiger partial charge in [0, 0.05) is 50.4 Å². The first kappa shape index (κ1) is 14.7. The van der Waals surface area contributed by atoms with Crippen LogP contribution in [0.15, 0.2) is 12.1 Å². The highest BCUT2D eigenvalue weighted by molar-refractivity contribution is 6.31. The summed E-state index contributed by atoms with van der Waals surface area (Å²) in [7, 11) is 1.54. The highest BCUT2D eigenvalue weighted by Gasteiger charge is 2.12. The third-order valence-electron chi connectivity index (χ3n) is 3.42. The number of hydrogen-bond donors (Lipinski definition) is 1. The maximum absolute atomic E-state index is 13.9. The maximum Gasteiger partial charge on any atom is 0.130 e. The smallest absolute Gasteiger partial charge is 0.130 e. The van der Waals surface area contributed by atoms with E-state index >= 15 is 0 Å². The Hall–Kier alpha value is -0.680. The molecule has 1 aromatic rings. The van der Waals surface area contributed by atoms with Crippen LogP contribution in [0.4, 0.5) is 4.39 Å². The van der Waals surface area contributed by atoms with E-state index in [0.717, 1.165) is 44.7 Å². The summed E-state index contributed by atoms with van der Waals surface area (Å²) < 4.78 is 18.8. The Labute approximate surface area is 118 Å². The van der Waals surface area contributed by atoms with Crippen molar-refractivity contribution < 1.29 is 9.13 Å². The van der Waals surface area contributed by atoms with Gasteiger partial charge in [-0.3, -0.25) is 0 Å². The van der Waals surface area contributed by atoms with Crippen LogP contribution in [0.2, 0.25) is 5.02 Å². The molecule has 1 fully saturated rings. The first-order valence-electron chi connectivity index (χ1n) is 6.59. The molecular weight excluding hydrogens is 267 g/mol. The van der Waals surface area contributed by atoms with E-state index in [1.165, 1.54) is 7.11 Å². The molecule has 0 saturated carbocycles. The lowest BCUT2D eigenvalue weighted by Crippen LogP contribution is -2.44. The molecule has 106 valence electrons. The van der Waals surface area contributed by atoms with Gasteiger partial charge in [-0.25, -0.2) is 4.39 Å². The fourth-order valence-corrected chi connectivity index (χ4v) is 2.59. The largest absolute Gasteiger partial charge is 0.380 e. The van der Waals surface area contributed by atoms with Crippen LogP contribution in [0.3, 0.4) is 0 Å². The van der Waals surface area contributed by atoms with Crippen molar-refractivity contribution in [2.24, 2.45) is 0 Å². The van der Waals surface area contributed by atoms with Gasteiger partial charge in [0.15, 0.2) is 0 Å². The van der Waals surface area contributed by atoms with E-state index in [1.54, 1.807) is 6.07 Å². The monoisotopic (exact) mass is 286 g/mol. The van der Waals surface area contributed by atoms with Gasteiger partial charge in [0.05, 0.1) is 6.61 Å². The third kappa shape index (κ3) is 4.14. The molecule has 0 bridgehead atoms. The number of benzene rings is 1. The van der Waals surface area contributed by atoms with Gasteiger partial charge in [-0.2, -0.15) is 0 Å². The molecule has 1 heterocycles. The van der Waals surface area contributed by atoms with Crippen molar-refractivity contribution in [3.8, 4) is 0 Å². The highest BCUT2D eigenvalue weighted by atomic mass is 35.5. The van der Waals surface area contributed by atoms with Gasteiger partial charge in [0.1, 0.15) is 5.82 Å². The van der Waals surface area contributed by atoms with Crippen LogP contribution >= 0.6 is 11.6 Å². The number of nitrogens with zero attached hydrogens (tertiary/aromatic N) is 1. The van der Waals surface area contributed by atoms with Gasteiger partial charge in [-0.1, -0.05) is 11.6 Å². The van der Waals surface area contributed by atoms with Gasteiger partial charge < -0.3 is 15.0 Å². The van der Waals surface area contributed by atoms with Crippen molar-refractivity contribution in [1.82, 2.24) is 10.2 Å². The van der Waals surface area contributed by atoms with E-state index < -0.39 is 0 Å². The fraction of sp³-hybridized carbons (Fsp3) is 0.571. The van der Waals surface area contributed by atoms with Crippen molar-refractivity contribution in [2.75, 3.05) is 39.8 Å². The second-order valence-electron chi connectivity index (χ2n) is 4.81. The van der Waals surface area contributed by atoms with Crippen molar-refractivity contribution >= 4 is 11.6 Å². The van der Waals surface area contributed by atoms with Crippen molar-refractivity contribution in [3.05, 3.63) is 34.1 Å². The minimum Gasteiger partial charge on any atom is -0.380 e. The fourth-order valence-electron chi connectivity index (χ4n) is 2.30. The summed E-state index contributed by atoms with van der Waals surface area (Å²) in [4.78, 5) is 2.38. The minimum absolute atomic E-state index is 0.211. The zero-order valence-electron chi connectivity index (χ0n) is 11.2. The van der Waals surface area contributed by atoms with Gasteiger partial charge in [0.25, 0.3) is 0 Å². The summed E-state index contributed by atoms with van der Waals surface area (Å²) in [5, 5.41) is 3.77. The number of piperazine rings is 1. The predicted molar refractivity (Wildman–Crippen MR) is 75.1 cm³/mol. The van der Waals surface area contributed by atoms with E-state index in [9.17, 15) is 4.39 Å². The molecule has 3 nitrogen and oxygen atoms in total. The Morgan fingerprint density at radius 2 is 2.11 bits per heavy atom. The first-order valence-corrected chi connectivity index (χ1v) is 6.97. The van der Waals surface area contributed by atoms with E-state index in [4.69, 9.17) is 16.3 Å². The molecular formula is C14H20ClFN2O. The van der Waals surface area contributed by atoms with Gasteiger partial charge in [-0.15, -0.1) is 0 Å². The lowest BCUT2D eigenvalue weighted by molar-refractivity contribution is 0.181. The third-order valence-corrected chi connectivity index (χ3v) is 3.75. The zero-order valence-corrected chi connectivity index (χ0v) is 12.0. The molecule has 5 heteroatoms. The molecule has 0 atom stereocenters. The molecule has 19 heavy (non-hydrogen) atoms. The summed E-state index contributed by atoms with van der Waals surface area (Å²) >= 11 is 6.09. The van der Waals surface area contributed by atoms with Gasteiger partial charge in [-0.05, 0) is 24.1 Å². The zero-order chi connectivity index (χ0) is 13.7. The van der Waals surface area contributed by atoms with Crippen LogP contribution in [-0.4, -0.2) is 44.7 Å². The molecule has 1 aliphatic heterocycles. The van der Waals surface area contributed by atoms with E-state index in [1.807, 2.05) is 6.07 Å². The van der Waals surface area contributed by atoms with Crippen LogP contribution in [0.25, 0.3) is 0 Å². The molecule has 0 aromatic heterocycles. The second kappa shape index (κ2) is 7.20. The highest BCUT2D eigenvalue weighted by Crippen LogP contribution is 2.22. The molecule has 0 aliphatic carbocycles. The molecule has 1 aliphatic rings. The Bertz CT molecular complexity index is 399. The first-order chi connectivity index (χ1) is 9.20. The van der Waals surface area contributed by atoms with Crippen LogP contribution < -0.4 is 5.32 Å². The van der Waals surface area contributed by atoms with Crippen LogP contribution in [-0.2, 0) is 17.8 Å². The lowest BCUT2D eigenvalue weighted by Gasteiger charge is -2.27. The summed E-state index contributed by atoms with van der Waals surface area (Å²) in [6.07, 6.45) is 0.823. The molecule has 1 saturated heterocycles. The van der Waals surface area contributed by atoms with Crippen LogP contribution in [0.1, 0.15) is 11.1 Å². The number of hydrogen-bond acceptors (Lipinski definition) is 3. The Morgan fingerprint density at radius 1 is 1.37 bits per heavy atom. The van der Waals surface area contributed by atoms with Crippen molar-refractivity contribution in [1.29, 1.82) is 0 Å². The lowest BCUT2D eigenvalue weighted by atomic mass is 10.1. The quantitative estimate of drug-likeness (QED) is 0.897. The maximum atomic E-state index is 13.9. The number of halogens is 2. The predicted octanol–water partition coefficient (Wildman–Crippen LogP) is 2.07. The van der Waals surface area contributed by atoms with Gasteiger partial charge >= 0.3 is 0 Å². The number of methoxy groups -OCH3 is 1. The number of rotatable bonds is 5. The number of ether oxygens (including phenoxy) is 1. The molecule has 2 rings (SSSR count). The SMILES string of the molecule is COCc1c(F)cc(CCN2CCNCC2)cc1Cl. The minimum atomic E-state index is -0.273. The van der Waals surface area contributed by atoms with E-state index in [0.29, 0.717) is 10.6 Å². The molecule has 0 radical (unpaired) electrons. The molecule has 0 spiro atoms. The standard InChI is InChI=1S/C14H20ClFN2O/c1-19-10-12-13(15)8-11(9-14(12)16)2-5-18-6-3-17-4-7-18/h8-9,17H,2-7,10H2,1H3. The van der Waals surface area contributed by atoms with Crippen molar-refractivity contribution in [2.45, 2.75) is 13.0 Å². The Balaban J connectivity index is 1.96. The summed E-state index contributed by atoms with van der Waals surface area (Å²) in [5.41, 5.74) is 1.39. The molecule has 1 aromatic carbocycles. The Morgan fingerprint density at radius 3 is 2.74 bits per heavy atom. The van der Waals surface area contributed by atoms with E-state index in [-0.39, 0.29) is 12.4 Å². The average molecular weight is 287 g/mol.